The van der Waals surface area contributed by atoms with E-state index < -0.39 is 6.04 Å². The topological polar surface area (TPSA) is 71.2 Å². The summed E-state index contributed by atoms with van der Waals surface area (Å²) >= 11 is 13.1. The number of hydrogen-bond donors (Lipinski definition) is 0. The standard InChI is InChI=1S/C31H33Cl2N3O2.Fe/c1-18(34-28-22(30(3,4)5)11-9-13-24(28)32)26-20(16-37)15-21(17-38)27(36-26)19(2)35-29-23(31(6,7)8)12-10-14-25(29)33;/h9-14,26H,15H2,1-8H3;. The summed E-state index contributed by atoms with van der Waals surface area (Å²) in [6.07, 6.45) is 0.0551. The molecule has 0 radical (unpaired) electrons. The maximum Gasteiger partial charge on any atom is 0.130 e. The summed E-state index contributed by atoms with van der Waals surface area (Å²) in [6.45, 7) is 16.1. The van der Waals surface area contributed by atoms with Gasteiger partial charge in [-0.05, 0) is 47.9 Å². The van der Waals surface area contributed by atoms with E-state index >= 15 is 0 Å². The molecule has 39 heavy (non-hydrogen) atoms. The van der Waals surface area contributed by atoms with Crippen molar-refractivity contribution in [3.63, 3.8) is 0 Å². The zero-order valence-electron chi connectivity index (χ0n) is 23.5. The molecule has 0 spiro atoms. The van der Waals surface area contributed by atoms with Crippen LogP contribution in [0.25, 0.3) is 0 Å². The Bertz CT molecular complexity index is 1460. The van der Waals surface area contributed by atoms with Crippen molar-refractivity contribution in [2.75, 3.05) is 0 Å². The minimum absolute atomic E-state index is 0. The van der Waals surface area contributed by atoms with Gasteiger partial charge in [0.2, 0.25) is 0 Å². The van der Waals surface area contributed by atoms with Crippen LogP contribution in [0.15, 0.2) is 62.5 Å². The third kappa shape index (κ3) is 7.35. The molecule has 0 aromatic heterocycles. The van der Waals surface area contributed by atoms with Crippen LogP contribution >= 0.6 is 23.2 Å². The molecule has 1 unspecified atom stereocenters. The molecule has 0 saturated carbocycles. The van der Waals surface area contributed by atoms with Gasteiger partial charge in [0.05, 0.1) is 38.4 Å². The molecular formula is C31H33Cl2FeN3O2. The number of nitrogens with zero attached hydrogens (tertiary/aromatic N) is 3. The Labute approximate surface area is 251 Å². The number of hydrogen-bond acceptors (Lipinski definition) is 5. The van der Waals surface area contributed by atoms with Gasteiger partial charge in [-0.1, -0.05) is 89.0 Å². The van der Waals surface area contributed by atoms with E-state index in [9.17, 15) is 9.59 Å². The van der Waals surface area contributed by atoms with E-state index in [0.717, 1.165) is 11.1 Å². The van der Waals surface area contributed by atoms with Crippen molar-refractivity contribution in [1.29, 1.82) is 0 Å². The number of halogens is 2. The Balaban J connectivity index is 0.00000533. The van der Waals surface area contributed by atoms with Crippen molar-refractivity contribution in [3.05, 3.63) is 68.7 Å². The molecule has 2 aromatic carbocycles. The maximum absolute atomic E-state index is 11.9. The number of carbonyl (C=O) groups excluding carboxylic acids is 2. The average molecular weight is 606 g/mol. The Hall–Kier alpha value is -2.55. The van der Waals surface area contributed by atoms with Crippen LogP contribution in [0.3, 0.4) is 0 Å². The summed E-state index contributed by atoms with van der Waals surface area (Å²) in [6, 6.07) is 10.6. The quantitative estimate of drug-likeness (QED) is 0.200. The van der Waals surface area contributed by atoms with E-state index in [-0.39, 0.29) is 39.9 Å². The number of rotatable bonds is 4. The molecule has 2 aromatic rings. The van der Waals surface area contributed by atoms with Crippen molar-refractivity contribution in [3.8, 4) is 0 Å². The molecule has 0 amide bonds. The fourth-order valence-corrected chi connectivity index (χ4v) is 4.85. The van der Waals surface area contributed by atoms with Crippen LogP contribution < -0.4 is 0 Å². The maximum atomic E-state index is 11.9. The molecule has 1 aliphatic rings. The number of para-hydroxylation sites is 2. The molecule has 0 aliphatic carbocycles. The molecule has 0 N–H and O–H groups in total. The average Bonchev–Trinajstić information content (AvgIpc) is 2.84. The van der Waals surface area contributed by atoms with Gasteiger partial charge in [-0.25, -0.2) is 14.6 Å². The summed E-state index contributed by atoms with van der Waals surface area (Å²) in [7, 11) is 0. The number of aliphatic imine (C=N–C) groups is 3. The molecule has 5 nitrogen and oxygen atoms in total. The van der Waals surface area contributed by atoms with Gasteiger partial charge in [0.15, 0.2) is 0 Å². The van der Waals surface area contributed by atoms with Crippen LogP contribution in [-0.4, -0.2) is 35.1 Å². The fraction of sp³-hybridized carbons (Fsp3) is 0.387. The second-order valence-electron chi connectivity index (χ2n) is 11.5. The molecular weight excluding hydrogens is 573 g/mol. The van der Waals surface area contributed by atoms with Crippen molar-refractivity contribution in [2.24, 2.45) is 15.0 Å². The zero-order valence-corrected chi connectivity index (χ0v) is 26.1. The van der Waals surface area contributed by atoms with E-state index in [4.69, 9.17) is 38.2 Å². The first kappa shape index (κ1) is 32.7. The Kier molecular flexibility index (Phi) is 10.7. The van der Waals surface area contributed by atoms with Gasteiger partial charge < -0.3 is 0 Å². The third-order valence-electron chi connectivity index (χ3n) is 6.39. The predicted molar refractivity (Wildman–Crippen MR) is 160 cm³/mol. The van der Waals surface area contributed by atoms with Crippen molar-refractivity contribution < 1.29 is 26.7 Å². The molecule has 1 aliphatic heterocycles. The second kappa shape index (κ2) is 12.7. The van der Waals surface area contributed by atoms with E-state index in [1.807, 2.05) is 36.1 Å². The van der Waals surface area contributed by atoms with Gasteiger partial charge in [-0.15, -0.1) is 0 Å². The first-order valence-corrected chi connectivity index (χ1v) is 13.2. The van der Waals surface area contributed by atoms with Crippen molar-refractivity contribution in [2.45, 2.75) is 78.7 Å². The van der Waals surface area contributed by atoms with Crippen LogP contribution in [0.1, 0.15) is 72.9 Å². The van der Waals surface area contributed by atoms with Gasteiger partial charge in [-0.3, -0.25) is 9.98 Å². The summed E-state index contributed by atoms with van der Waals surface area (Å²) in [5.74, 6) is 3.93. The van der Waals surface area contributed by atoms with Crippen LogP contribution in [-0.2, 0) is 37.5 Å². The first-order valence-electron chi connectivity index (χ1n) is 12.4. The van der Waals surface area contributed by atoms with Gasteiger partial charge in [0, 0.05) is 34.8 Å². The molecule has 0 bridgehead atoms. The smallest absolute Gasteiger partial charge is 0.130 e. The minimum Gasteiger partial charge on any atom is -0.268 e. The molecule has 1 atom stereocenters. The summed E-state index contributed by atoms with van der Waals surface area (Å²) in [5.41, 5.74) is 4.76. The number of benzene rings is 2. The zero-order chi connectivity index (χ0) is 28.4. The van der Waals surface area contributed by atoms with E-state index in [0.29, 0.717) is 44.1 Å². The normalized spacial score (nSPS) is 16.8. The molecule has 8 heteroatoms. The van der Waals surface area contributed by atoms with E-state index in [1.54, 1.807) is 26.0 Å². The van der Waals surface area contributed by atoms with Crippen LogP contribution in [0.5, 0.6) is 0 Å². The van der Waals surface area contributed by atoms with Gasteiger partial charge in [0.1, 0.15) is 17.9 Å². The SMILES string of the molecule is CC(=Nc1c(Cl)cccc1C(C)(C)C)C1=NC(C(C)=Nc2c(Cl)cccc2C(C)(C)C)C(=C=O)CC1=C=O.[Fe]. The third-order valence-corrected chi connectivity index (χ3v) is 7.00. The Morgan fingerprint density at radius 1 is 0.846 bits per heavy atom. The Morgan fingerprint density at radius 2 is 1.33 bits per heavy atom. The van der Waals surface area contributed by atoms with Crippen LogP contribution in [0.2, 0.25) is 10.0 Å². The minimum atomic E-state index is -0.720. The van der Waals surface area contributed by atoms with Crippen molar-refractivity contribution in [1.82, 2.24) is 0 Å². The first-order chi connectivity index (χ1) is 17.7. The predicted octanol–water partition coefficient (Wildman–Crippen LogP) is 8.20. The van der Waals surface area contributed by atoms with Gasteiger partial charge in [0.25, 0.3) is 0 Å². The largest absolute Gasteiger partial charge is 0.268 e. The van der Waals surface area contributed by atoms with Crippen molar-refractivity contribution >= 4 is 63.6 Å². The van der Waals surface area contributed by atoms with Crippen LogP contribution in [0, 0.1) is 0 Å². The van der Waals surface area contributed by atoms with E-state index in [1.165, 1.54) is 0 Å². The molecule has 1 heterocycles. The Morgan fingerprint density at radius 3 is 1.77 bits per heavy atom. The summed E-state index contributed by atoms with van der Waals surface area (Å²) < 4.78 is 0. The second-order valence-corrected chi connectivity index (χ2v) is 12.3. The monoisotopic (exact) mass is 605 g/mol. The van der Waals surface area contributed by atoms with Gasteiger partial charge in [-0.2, -0.15) is 0 Å². The fourth-order valence-electron chi connectivity index (χ4n) is 4.42. The molecule has 206 valence electrons. The molecule has 0 saturated heterocycles. The summed E-state index contributed by atoms with van der Waals surface area (Å²) in [4.78, 5) is 38.3. The number of allylic oxidation sites excluding steroid dienone is 1. The molecule has 0 fully saturated rings. The summed E-state index contributed by atoms with van der Waals surface area (Å²) in [5, 5.41) is 1.01. The molecule has 3 rings (SSSR count). The van der Waals surface area contributed by atoms with Crippen LogP contribution in [0.4, 0.5) is 11.4 Å². The van der Waals surface area contributed by atoms with E-state index in [2.05, 4.69) is 41.5 Å². The van der Waals surface area contributed by atoms with Gasteiger partial charge >= 0.3 is 0 Å².